The maximum absolute atomic E-state index is 13.5. The molecule has 134 valence electrons. The second-order valence-electron chi connectivity index (χ2n) is 4.92. The van der Waals surface area contributed by atoms with E-state index in [1.165, 1.54) is 18.2 Å². The Morgan fingerprint density at radius 3 is 2.40 bits per heavy atom. The maximum Gasteiger partial charge on any atom is 0.416 e. The number of rotatable bonds is 3. The zero-order chi connectivity index (χ0) is 18.8. The van der Waals surface area contributed by atoms with E-state index < -0.39 is 29.3 Å². The number of phenols is 1. The molecule has 2 N–H and O–H groups in total. The van der Waals surface area contributed by atoms with Gasteiger partial charge in [-0.25, -0.2) is 13.5 Å². The summed E-state index contributed by atoms with van der Waals surface area (Å²) in [5.41, 5.74) is -0.569. The Labute approximate surface area is 154 Å². The van der Waals surface area contributed by atoms with Crippen molar-refractivity contribution < 1.29 is 27.5 Å². The lowest BCUT2D eigenvalue weighted by molar-refractivity contribution is -0.137. The van der Waals surface area contributed by atoms with Crippen molar-refractivity contribution in [3.8, 4) is 5.75 Å². The normalized spacial score (nSPS) is 11.3. The summed E-state index contributed by atoms with van der Waals surface area (Å²) in [6, 6.07) is 5.75. The van der Waals surface area contributed by atoms with Gasteiger partial charge >= 0.3 is 12.2 Å². The van der Waals surface area contributed by atoms with Gasteiger partial charge in [0.1, 0.15) is 5.69 Å². The third-order valence-electron chi connectivity index (χ3n) is 3.15. The fourth-order valence-electron chi connectivity index (χ4n) is 1.89. The summed E-state index contributed by atoms with van der Waals surface area (Å²) in [5.74, 6) is -1.71. The number of aromatic hydroxyl groups is 1. The molecule has 0 unspecified atom stereocenters. The molecule has 0 radical (unpaired) electrons. The summed E-state index contributed by atoms with van der Waals surface area (Å²) < 4.78 is 51.9. The molecule has 0 saturated carbocycles. The fourth-order valence-corrected chi connectivity index (χ4v) is 2.53. The van der Waals surface area contributed by atoms with Crippen LogP contribution in [0.25, 0.3) is 0 Å². The van der Waals surface area contributed by atoms with Crippen LogP contribution in [0.3, 0.4) is 0 Å². The predicted molar refractivity (Wildman–Crippen MR) is 90.9 cm³/mol. The third kappa shape index (κ3) is 4.79. The smallest absolute Gasteiger partial charge is 0.416 e. The first-order valence-electron chi connectivity index (χ1n) is 6.70. The standard InChI is InChI=1S/C15H11BrF4N2O2S/c16-10-5-11(17)13(23)12(6-10)22(25)14(24)21-7-8-1-3-9(4-2-8)15(18,19)20/h1-6,23,25H,7H2,(H,21,24). The summed E-state index contributed by atoms with van der Waals surface area (Å²) in [6.45, 7) is -0.0781. The van der Waals surface area contributed by atoms with E-state index in [2.05, 4.69) is 34.1 Å². The van der Waals surface area contributed by atoms with Gasteiger partial charge in [-0.3, -0.25) is 0 Å². The van der Waals surface area contributed by atoms with Crippen LogP contribution in [0.15, 0.2) is 40.9 Å². The highest BCUT2D eigenvalue weighted by Gasteiger charge is 2.30. The van der Waals surface area contributed by atoms with E-state index in [0.717, 1.165) is 18.2 Å². The SMILES string of the molecule is O=C(NCc1ccc(C(F)(F)F)cc1)N(S)c1cc(Br)cc(F)c1O. The Morgan fingerprint density at radius 1 is 1.24 bits per heavy atom. The van der Waals surface area contributed by atoms with Gasteiger partial charge in [0, 0.05) is 11.0 Å². The van der Waals surface area contributed by atoms with Crippen molar-refractivity contribution in [2.45, 2.75) is 12.7 Å². The van der Waals surface area contributed by atoms with Crippen LogP contribution in [-0.4, -0.2) is 11.1 Å². The van der Waals surface area contributed by atoms with Crippen LogP contribution in [0.5, 0.6) is 5.75 Å². The summed E-state index contributed by atoms with van der Waals surface area (Å²) in [7, 11) is 0. The van der Waals surface area contributed by atoms with Gasteiger partial charge in [0.2, 0.25) is 0 Å². The first-order valence-corrected chi connectivity index (χ1v) is 7.90. The van der Waals surface area contributed by atoms with Crippen LogP contribution in [0.4, 0.5) is 28.0 Å². The number of nitrogens with zero attached hydrogens (tertiary/aromatic N) is 1. The number of anilines is 1. The Morgan fingerprint density at radius 2 is 1.84 bits per heavy atom. The van der Waals surface area contributed by atoms with E-state index in [9.17, 15) is 27.5 Å². The molecule has 4 nitrogen and oxygen atoms in total. The molecule has 2 rings (SSSR count). The zero-order valence-electron chi connectivity index (χ0n) is 12.3. The highest BCUT2D eigenvalue weighted by atomic mass is 79.9. The van der Waals surface area contributed by atoms with Crippen molar-refractivity contribution >= 4 is 40.5 Å². The van der Waals surface area contributed by atoms with Gasteiger partial charge in [-0.1, -0.05) is 40.9 Å². The Kier molecular flexibility index (Phi) is 5.83. The number of hydrogen-bond acceptors (Lipinski definition) is 3. The lowest BCUT2D eigenvalue weighted by Gasteiger charge is -2.18. The van der Waals surface area contributed by atoms with Crippen LogP contribution in [-0.2, 0) is 12.7 Å². The second-order valence-corrected chi connectivity index (χ2v) is 6.24. The van der Waals surface area contributed by atoms with Gasteiger partial charge in [0.25, 0.3) is 0 Å². The number of carbonyl (C=O) groups is 1. The van der Waals surface area contributed by atoms with E-state index in [0.29, 0.717) is 9.87 Å². The lowest BCUT2D eigenvalue weighted by atomic mass is 10.1. The van der Waals surface area contributed by atoms with Crippen LogP contribution < -0.4 is 9.62 Å². The topological polar surface area (TPSA) is 52.6 Å². The Bertz CT molecular complexity index is 784. The van der Waals surface area contributed by atoms with Crippen molar-refractivity contribution in [3.05, 3.63) is 57.8 Å². The average Bonchev–Trinajstić information content (AvgIpc) is 2.54. The molecule has 0 heterocycles. The molecular formula is C15H11BrF4N2O2S. The highest BCUT2D eigenvalue weighted by molar-refractivity contribution is 9.10. The molecule has 2 aromatic rings. The second kappa shape index (κ2) is 7.52. The van der Waals surface area contributed by atoms with Crippen molar-refractivity contribution in [1.29, 1.82) is 0 Å². The summed E-state index contributed by atoms with van der Waals surface area (Å²) in [5, 5.41) is 12.1. The zero-order valence-corrected chi connectivity index (χ0v) is 14.8. The summed E-state index contributed by atoms with van der Waals surface area (Å²) in [6.07, 6.45) is -4.44. The van der Waals surface area contributed by atoms with E-state index in [4.69, 9.17) is 0 Å². The van der Waals surface area contributed by atoms with Crippen molar-refractivity contribution in [2.75, 3.05) is 4.31 Å². The fraction of sp³-hybridized carbons (Fsp3) is 0.133. The molecule has 0 aromatic heterocycles. The molecule has 25 heavy (non-hydrogen) atoms. The molecular weight excluding hydrogens is 428 g/mol. The summed E-state index contributed by atoms with van der Waals surface area (Å²) >= 11 is 6.93. The van der Waals surface area contributed by atoms with Crippen molar-refractivity contribution in [2.24, 2.45) is 0 Å². The van der Waals surface area contributed by atoms with Gasteiger partial charge in [0.15, 0.2) is 11.6 Å². The van der Waals surface area contributed by atoms with E-state index in [1.54, 1.807) is 0 Å². The molecule has 10 heteroatoms. The van der Waals surface area contributed by atoms with Gasteiger partial charge in [0.05, 0.1) is 5.56 Å². The number of phenolic OH excluding ortho intramolecular Hbond substituents is 1. The van der Waals surface area contributed by atoms with Gasteiger partial charge in [-0.05, 0) is 29.8 Å². The molecule has 0 saturated heterocycles. The molecule has 0 aliphatic carbocycles. The van der Waals surface area contributed by atoms with E-state index in [-0.39, 0.29) is 16.7 Å². The van der Waals surface area contributed by atoms with Gasteiger partial charge < -0.3 is 10.4 Å². The van der Waals surface area contributed by atoms with Crippen LogP contribution in [0.1, 0.15) is 11.1 Å². The van der Waals surface area contributed by atoms with Crippen molar-refractivity contribution in [3.63, 3.8) is 0 Å². The molecule has 0 atom stereocenters. The van der Waals surface area contributed by atoms with E-state index >= 15 is 0 Å². The maximum atomic E-state index is 13.5. The highest BCUT2D eigenvalue weighted by Crippen LogP contribution is 2.34. The Hall–Kier alpha value is -1.94. The van der Waals surface area contributed by atoms with E-state index in [1.807, 2.05) is 0 Å². The average molecular weight is 439 g/mol. The lowest BCUT2D eigenvalue weighted by Crippen LogP contribution is -2.33. The first-order chi connectivity index (χ1) is 11.6. The number of halogens is 5. The molecule has 2 aromatic carbocycles. The number of alkyl halides is 3. The number of thiol groups is 1. The Balaban J connectivity index is 2.05. The first kappa shape index (κ1) is 19.4. The number of amides is 2. The number of benzene rings is 2. The minimum atomic E-state index is -4.44. The molecule has 0 aliphatic rings. The number of carbonyl (C=O) groups excluding carboxylic acids is 1. The van der Waals surface area contributed by atoms with Gasteiger partial charge in [-0.2, -0.15) is 13.2 Å². The van der Waals surface area contributed by atoms with Crippen LogP contribution in [0.2, 0.25) is 0 Å². The minimum Gasteiger partial charge on any atom is -0.503 e. The minimum absolute atomic E-state index is 0.0781. The molecule has 0 aliphatic heterocycles. The van der Waals surface area contributed by atoms with Gasteiger partial charge in [-0.15, -0.1) is 0 Å². The molecule has 0 fully saturated rings. The number of hydrogen-bond donors (Lipinski definition) is 3. The number of nitrogens with one attached hydrogen (secondary N) is 1. The quantitative estimate of drug-likeness (QED) is 0.472. The monoisotopic (exact) mass is 438 g/mol. The summed E-state index contributed by atoms with van der Waals surface area (Å²) in [4.78, 5) is 12.0. The predicted octanol–water partition coefficient (Wildman–Crippen LogP) is 4.87. The number of urea groups is 1. The van der Waals surface area contributed by atoms with Crippen molar-refractivity contribution in [1.82, 2.24) is 5.32 Å². The molecule has 0 spiro atoms. The third-order valence-corrected chi connectivity index (χ3v) is 4.01. The molecule has 0 bridgehead atoms. The van der Waals surface area contributed by atoms with Crippen LogP contribution >= 0.6 is 28.7 Å². The largest absolute Gasteiger partial charge is 0.503 e. The molecule has 2 amide bonds. The van der Waals surface area contributed by atoms with Crippen LogP contribution in [0, 0.1) is 5.82 Å².